The molecule has 1 fully saturated rings. The predicted molar refractivity (Wildman–Crippen MR) is 90.3 cm³/mol. The molecule has 0 aromatic rings. The number of allylic oxidation sites excluding steroid dienone is 2. The lowest BCUT2D eigenvalue weighted by Gasteiger charge is -2.20. The first kappa shape index (κ1) is 20.6. The first-order valence-corrected chi connectivity index (χ1v) is 9.05. The quantitative estimate of drug-likeness (QED) is 0.356. The van der Waals surface area contributed by atoms with Crippen LogP contribution in [0.15, 0.2) is 12.2 Å². The average molecular weight is 330 g/mol. The number of unbranched alkanes of at least 4 members (excludes halogenated alkanes) is 6. The Morgan fingerprint density at radius 1 is 1.09 bits per heavy atom. The molecule has 0 aliphatic carbocycles. The van der Waals surface area contributed by atoms with Gasteiger partial charge in [0.25, 0.3) is 0 Å². The third kappa shape index (κ3) is 8.82. The molecule has 1 heterocycles. The van der Waals surface area contributed by atoms with Gasteiger partial charge in [-0.3, -0.25) is 0 Å². The lowest BCUT2D eigenvalue weighted by molar-refractivity contribution is -0.0813. The van der Waals surface area contributed by atoms with Crippen molar-refractivity contribution in [1.82, 2.24) is 0 Å². The lowest BCUT2D eigenvalue weighted by Crippen LogP contribution is -2.40. The first-order valence-electron chi connectivity index (χ1n) is 9.05. The molecular formula is C18H34O5. The molecule has 1 aliphatic rings. The van der Waals surface area contributed by atoms with E-state index in [1.807, 2.05) is 0 Å². The summed E-state index contributed by atoms with van der Waals surface area (Å²) in [5.41, 5.74) is 0. The van der Waals surface area contributed by atoms with Gasteiger partial charge in [-0.25, -0.2) is 0 Å². The molecule has 5 nitrogen and oxygen atoms in total. The van der Waals surface area contributed by atoms with Crippen molar-refractivity contribution in [2.24, 2.45) is 0 Å². The predicted octanol–water partition coefficient (Wildman–Crippen LogP) is 2.18. The Bertz CT molecular complexity index is 308. The van der Waals surface area contributed by atoms with Gasteiger partial charge >= 0.3 is 0 Å². The second-order valence-electron chi connectivity index (χ2n) is 6.31. The highest BCUT2D eigenvalue weighted by Crippen LogP contribution is 2.17. The van der Waals surface area contributed by atoms with Crippen LogP contribution in [0.25, 0.3) is 0 Å². The van der Waals surface area contributed by atoms with Crippen LogP contribution in [0.3, 0.4) is 0 Å². The van der Waals surface area contributed by atoms with Gasteiger partial charge in [-0.15, -0.1) is 0 Å². The summed E-state index contributed by atoms with van der Waals surface area (Å²) in [5.74, 6) is 0. The lowest BCUT2D eigenvalue weighted by atomic mass is 10.1. The van der Waals surface area contributed by atoms with Crippen molar-refractivity contribution < 1.29 is 24.8 Å². The number of hydrogen-bond acceptors (Lipinski definition) is 5. The van der Waals surface area contributed by atoms with Crippen LogP contribution in [0.2, 0.25) is 0 Å². The summed E-state index contributed by atoms with van der Waals surface area (Å²) in [7, 11) is 0. The molecule has 3 N–H and O–H groups in total. The van der Waals surface area contributed by atoms with Crippen LogP contribution in [-0.4, -0.2) is 59.6 Å². The van der Waals surface area contributed by atoms with Gasteiger partial charge in [0.2, 0.25) is 0 Å². The van der Waals surface area contributed by atoms with Crippen LogP contribution in [0.4, 0.5) is 0 Å². The number of aliphatic hydroxyl groups excluding tert-OH is 3. The fraction of sp³-hybridized carbons (Fsp3) is 0.889. The fourth-order valence-electron chi connectivity index (χ4n) is 2.65. The Morgan fingerprint density at radius 2 is 1.78 bits per heavy atom. The molecule has 0 radical (unpaired) electrons. The molecule has 4 atom stereocenters. The minimum atomic E-state index is -1.03. The van der Waals surface area contributed by atoms with Crippen molar-refractivity contribution in [2.45, 2.75) is 82.7 Å². The minimum absolute atomic E-state index is 0.0643. The molecule has 0 bridgehead atoms. The zero-order chi connectivity index (χ0) is 16.9. The second kappa shape index (κ2) is 12.9. The van der Waals surface area contributed by atoms with Crippen LogP contribution in [-0.2, 0) is 9.47 Å². The molecule has 23 heavy (non-hydrogen) atoms. The summed E-state index contributed by atoms with van der Waals surface area (Å²) < 4.78 is 10.6. The average Bonchev–Trinajstić information content (AvgIpc) is 2.88. The number of ether oxygens (including phenoxy) is 2. The molecule has 1 saturated heterocycles. The largest absolute Gasteiger partial charge is 0.388 e. The van der Waals surface area contributed by atoms with Crippen molar-refractivity contribution in [3.05, 3.63) is 12.2 Å². The van der Waals surface area contributed by atoms with Gasteiger partial charge in [-0.05, 0) is 32.1 Å². The topological polar surface area (TPSA) is 79.2 Å². The van der Waals surface area contributed by atoms with E-state index >= 15 is 0 Å². The summed E-state index contributed by atoms with van der Waals surface area (Å²) in [5, 5.41) is 28.8. The summed E-state index contributed by atoms with van der Waals surface area (Å²) >= 11 is 0. The van der Waals surface area contributed by atoms with Crippen molar-refractivity contribution in [1.29, 1.82) is 0 Å². The number of hydrogen-bond donors (Lipinski definition) is 3. The van der Waals surface area contributed by atoms with E-state index in [2.05, 4.69) is 19.1 Å². The van der Waals surface area contributed by atoms with Crippen LogP contribution in [0.5, 0.6) is 0 Å². The molecule has 1 rings (SSSR count). The Morgan fingerprint density at radius 3 is 2.39 bits per heavy atom. The van der Waals surface area contributed by atoms with Gasteiger partial charge in [-0.1, -0.05) is 38.3 Å². The van der Waals surface area contributed by atoms with Gasteiger partial charge < -0.3 is 24.8 Å². The highest BCUT2D eigenvalue weighted by Gasteiger charge is 2.39. The molecule has 5 heteroatoms. The van der Waals surface area contributed by atoms with Crippen LogP contribution in [0, 0.1) is 0 Å². The van der Waals surface area contributed by atoms with Crippen molar-refractivity contribution >= 4 is 0 Å². The minimum Gasteiger partial charge on any atom is -0.388 e. The monoisotopic (exact) mass is 330 g/mol. The maximum Gasteiger partial charge on any atom is 0.114 e. The molecule has 0 aromatic carbocycles. The van der Waals surface area contributed by atoms with Gasteiger partial charge in [0.15, 0.2) is 0 Å². The highest BCUT2D eigenvalue weighted by molar-refractivity contribution is 4.87. The SMILES string of the molecule is CCCCC/C=C/CCCCCOC[C@H](O)[C@@H]1OC[C@@H](O)[C@@H]1O. The molecule has 0 unspecified atom stereocenters. The number of aliphatic hydroxyl groups is 3. The van der Waals surface area contributed by atoms with Gasteiger partial charge in [0, 0.05) is 6.61 Å². The molecule has 0 amide bonds. The summed E-state index contributed by atoms with van der Waals surface area (Å²) in [6.45, 7) is 3.01. The summed E-state index contributed by atoms with van der Waals surface area (Å²) in [6.07, 6.45) is 10.4. The fourth-order valence-corrected chi connectivity index (χ4v) is 2.65. The zero-order valence-corrected chi connectivity index (χ0v) is 14.4. The number of rotatable bonds is 13. The Hall–Kier alpha value is -0.460. The smallest absolute Gasteiger partial charge is 0.114 e. The van der Waals surface area contributed by atoms with Gasteiger partial charge in [0.05, 0.1) is 13.2 Å². The van der Waals surface area contributed by atoms with Gasteiger partial charge in [-0.2, -0.15) is 0 Å². The van der Waals surface area contributed by atoms with E-state index in [-0.39, 0.29) is 13.2 Å². The van der Waals surface area contributed by atoms with E-state index in [1.54, 1.807) is 0 Å². The standard InChI is InChI=1S/C18H34O5/c1-2-3-4-5-6-7-8-9-10-11-12-22-13-16(20)18-17(21)15(19)14-23-18/h6-7,15-21H,2-5,8-14H2,1H3/b7-6+/t15-,16+,17+,18+/m1/s1. The van der Waals surface area contributed by atoms with Gasteiger partial charge in [0.1, 0.15) is 24.4 Å². The maximum absolute atomic E-state index is 9.87. The van der Waals surface area contributed by atoms with Crippen LogP contribution in [0.1, 0.15) is 58.3 Å². The third-order valence-electron chi connectivity index (χ3n) is 4.16. The van der Waals surface area contributed by atoms with E-state index in [9.17, 15) is 15.3 Å². The highest BCUT2D eigenvalue weighted by atomic mass is 16.5. The van der Waals surface area contributed by atoms with Crippen molar-refractivity contribution in [3.63, 3.8) is 0 Å². The molecule has 136 valence electrons. The van der Waals surface area contributed by atoms with Crippen LogP contribution < -0.4 is 0 Å². The third-order valence-corrected chi connectivity index (χ3v) is 4.16. The van der Waals surface area contributed by atoms with Crippen LogP contribution >= 0.6 is 0 Å². The molecule has 0 spiro atoms. The normalized spacial score (nSPS) is 26.2. The maximum atomic E-state index is 9.87. The molecule has 0 saturated carbocycles. The van der Waals surface area contributed by atoms with E-state index in [1.165, 1.54) is 25.7 Å². The summed E-state index contributed by atoms with van der Waals surface area (Å²) in [4.78, 5) is 0. The van der Waals surface area contributed by atoms with E-state index in [4.69, 9.17) is 9.47 Å². The van der Waals surface area contributed by atoms with E-state index in [0.717, 1.165) is 25.7 Å². The first-order chi connectivity index (χ1) is 11.2. The molecule has 1 aliphatic heterocycles. The Labute approximate surface area is 140 Å². The summed E-state index contributed by atoms with van der Waals surface area (Å²) in [6, 6.07) is 0. The Kier molecular flexibility index (Phi) is 11.5. The zero-order valence-electron chi connectivity index (χ0n) is 14.4. The van der Waals surface area contributed by atoms with Crippen molar-refractivity contribution in [3.8, 4) is 0 Å². The van der Waals surface area contributed by atoms with E-state index in [0.29, 0.717) is 6.61 Å². The van der Waals surface area contributed by atoms with E-state index < -0.39 is 24.4 Å². The molecule has 0 aromatic heterocycles. The van der Waals surface area contributed by atoms with Crippen molar-refractivity contribution in [2.75, 3.05) is 19.8 Å². The molecular weight excluding hydrogens is 296 g/mol. The second-order valence-corrected chi connectivity index (χ2v) is 6.31. The Balaban J connectivity index is 1.90.